The lowest BCUT2D eigenvalue weighted by Gasteiger charge is -2.38. The first-order valence-electron chi connectivity index (χ1n) is 10.9. The average Bonchev–Trinajstić information content (AvgIpc) is 3.29. The normalized spacial score (nSPS) is 20.3. The molecule has 158 valence electrons. The minimum atomic E-state index is -0.465. The Bertz CT molecular complexity index is 1190. The number of nitrogens with zero attached hydrogens (tertiary/aromatic N) is 3. The molecule has 2 aliphatic heterocycles. The number of rotatable bonds is 3. The third-order valence-corrected chi connectivity index (χ3v) is 6.84. The molecule has 3 aromatic rings. The van der Waals surface area contributed by atoms with Crippen molar-refractivity contribution in [2.24, 2.45) is 0 Å². The van der Waals surface area contributed by atoms with E-state index in [9.17, 15) is 9.18 Å². The molecule has 2 saturated heterocycles. The average molecular weight is 417 g/mol. The minimum absolute atomic E-state index is 0.149. The lowest BCUT2D eigenvalue weighted by atomic mass is 10.0. The maximum Gasteiger partial charge on any atom is 0.259 e. The van der Waals surface area contributed by atoms with Crippen molar-refractivity contribution in [1.29, 1.82) is 5.26 Å². The van der Waals surface area contributed by atoms with Crippen LogP contribution in [0.3, 0.4) is 0 Å². The highest BCUT2D eigenvalue weighted by Gasteiger charge is 2.32. The summed E-state index contributed by atoms with van der Waals surface area (Å²) in [6.07, 6.45) is 3.21. The number of anilines is 1. The Morgan fingerprint density at radius 2 is 1.81 bits per heavy atom. The van der Waals surface area contributed by atoms with Crippen molar-refractivity contribution >= 4 is 16.5 Å². The van der Waals surface area contributed by atoms with Gasteiger partial charge in [-0.15, -0.1) is 0 Å². The van der Waals surface area contributed by atoms with E-state index < -0.39 is 5.82 Å². The SMILES string of the molecule is N#Cc1ccc(N2CCC(N3CCC(c4cc5cccc(F)c5c(=O)[nH]4)C3)CC2)cc1. The predicted octanol–water partition coefficient (Wildman–Crippen LogP) is 4.00. The molecule has 5 rings (SSSR count). The molecule has 0 spiro atoms. The van der Waals surface area contributed by atoms with E-state index in [-0.39, 0.29) is 16.9 Å². The van der Waals surface area contributed by atoms with Gasteiger partial charge < -0.3 is 9.88 Å². The number of benzene rings is 2. The Balaban J connectivity index is 1.24. The number of halogens is 1. The van der Waals surface area contributed by atoms with Gasteiger partial charge in [0.05, 0.1) is 17.0 Å². The van der Waals surface area contributed by atoms with Crippen molar-refractivity contribution in [3.8, 4) is 6.07 Å². The van der Waals surface area contributed by atoms with Gasteiger partial charge in [-0.1, -0.05) is 12.1 Å². The third kappa shape index (κ3) is 3.82. The smallest absolute Gasteiger partial charge is 0.259 e. The zero-order valence-electron chi connectivity index (χ0n) is 17.4. The van der Waals surface area contributed by atoms with Crippen LogP contribution in [-0.4, -0.2) is 42.1 Å². The van der Waals surface area contributed by atoms with Crippen LogP contribution in [0.1, 0.15) is 36.4 Å². The molecule has 31 heavy (non-hydrogen) atoms. The molecule has 0 amide bonds. The Morgan fingerprint density at radius 3 is 2.55 bits per heavy atom. The van der Waals surface area contributed by atoms with E-state index in [2.05, 4.69) is 20.9 Å². The number of aromatic nitrogens is 1. The number of H-pyrrole nitrogens is 1. The lowest BCUT2D eigenvalue weighted by molar-refractivity contribution is 0.205. The molecule has 2 aromatic carbocycles. The second-order valence-corrected chi connectivity index (χ2v) is 8.62. The van der Waals surface area contributed by atoms with Crippen LogP contribution in [0.15, 0.2) is 53.3 Å². The fraction of sp³-hybridized carbons (Fsp3) is 0.360. The summed E-state index contributed by atoms with van der Waals surface area (Å²) in [6, 6.07) is 17.3. The first kappa shape index (κ1) is 19.8. The highest BCUT2D eigenvalue weighted by Crippen LogP contribution is 2.31. The monoisotopic (exact) mass is 416 g/mol. The van der Waals surface area contributed by atoms with Gasteiger partial charge in [-0.05, 0) is 67.6 Å². The standard InChI is InChI=1S/C25H25FN4O/c26-22-3-1-2-18-14-23(28-25(31)24(18)22)19-8-11-30(16-19)21-9-12-29(13-10-21)20-6-4-17(15-27)5-7-20/h1-7,14,19,21H,8-13,16H2,(H,28,31). The number of hydrogen-bond acceptors (Lipinski definition) is 4. The van der Waals surface area contributed by atoms with Gasteiger partial charge in [0.2, 0.25) is 0 Å². The lowest BCUT2D eigenvalue weighted by Crippen LogP contribution is -2.44. The summed E-state index contributed by atoms with van der Waals surface area (Å²) in [4.78, 5) is 20.3. The predicted molar refractivity (Wildman–Crippen MR) is 120 cm³/mol. The highest BCUT2D eigenvalue weighted by atomic mass is 19.1. The number of piperidine rings is 1. The molecule has 5 nitrogen and oxygen atoms in total. The van der Waals surface area contributed by atoms with Crippen molar-refractivity contribution in [1.82, 2.24) is 9.88 Å². The maximum atomic E-state index is 14.0. The van der Waals surface area contributed by atoms with E-state index in [4.69, 9.17) is 5.26 Å². The quantitative estimate of drug-likeness (QED) is 0.701. The van der Waals surface area contributed by atoms with Crippen LogP contribution in [0.4, 0.5) is 10.1 Å². The van der Waals surface area contributed by atoms with Gasteiger partial charge in [-0.2, -0.15) is 5.26 Å². The van der Waals surface area contributed by atoms with E-state index in [0.29, 0.717) is 17.0 Å². The fourth-order valence-corrected chi connectivity index (χ4v) is 5.13. The molecule has 0 radical (unpaired) electrons. The fourth-order valence-electron chi connectivity index (χ4n) is 5.13. The Hall–Kier alpha value is -3.17. The molecule has 2 fully saturated rings. The number of likely N-dealkylation sites (tertiary alicyclic amines) is 1. The van der Waals surface area contributed by atoms with Crippen molar-refractivity contribution in [3.05, 3.63) is 76.0 Å². The van der Waals surface area contributed by atoms with Crippen LogP contribution in [0.25, 0.3) is 10.8 Å². The largest absolute Gasteiger partial charge is 0.371 e. The van der Waals surface area contributed by atoms with E-state index in [1.807, 2.05) is 36.4 Å². The topological polar surface area (TPSA) is 63.1 Å². The molecular formula is C25H25FN4O. The van der Waals surface area contributed by atoms with Crippen LogP contribution in [0, 0.1) is 17.1 Å². The summed E-state index contributed by atoms with van der Waals surface area (Å²) in [5.41, 5.74) is 2.45. The summed E-state index contributed by atoms with van der Waals surface area (Å²) in [7, 11) is 0. The van der Waals surface area contributed by atoms with Gasteiger partial charge in [-0.3, -0.25) is 9.69 Å². The van der Waals surface area contributed by atoms with Crippen LogP contribution in [0.5, 0.6) is 0 Å². The van der Waals surface area contributed by atoms with Crippen molar-refractivity contribution in [3.63, 3.8) is 0 Å². The molecule has 1 aromatic heterocycles. The Kier molecular flexibility index (Phi) is 5.21. The van der Waals surface area contributed by atoms with Gasteiger partial charge in [-0.25, -0.2) is 4.39 Å². The number of pyridine rings is 1. The van der Waals surface area contributed by atoms with E-state index in [1.54, 1.807) is 6.07 Å². The minimum Gasteiger partial charge on any atom is -0.371 e. The molecule has 0 bridgehead atoms. The van der Waals surface area contributed by atoms with E-state index in [0.717, 1.165) is 51.1 Å². The van der Waals surface area contributed by atoms with Crippen molar-refractivity contribution in [2.45, 2.75) is 31.2 Å². The first-order chi connectivity index (χ1) is 15.1. The van der Waals surface area contributed by atoms with Gasteiger partial charge in [0.15, 0.2) is 0 Å². The molecule has 1 atom stereocenters. The van der Waals surface area contributed by atoms with Crippen LogP contribution >= 0.6 is 0 Å². The molecule has 1 N–H and O–H groups in total. The van der Waals surface area contributed by atoms with Gasteiger partial charge in [0.25, 0.3) is 5.56 Å². The number of nitrogens with one attached hydrogen (secondary N) is 1. The van der Waals surface area contributed by atoms with Gasteiger partial charge in [0.1, 0.15) is 5.82 Å². The molecule has 1 unspecified atom stereocenters. The molecule has 2 aliphatic rings. The second kappa shape index (κ2) is 8.16. The van der Waals surface area contributed by atoms with Gasteiger partial charge in [0, 0.05) is 43.0 Å². The van der Waals surface area contributed by atoms with E-state index >= 15 is 0 Å². The molecular weight excluding hydrogens is 391 g/mol. The Labute approximate surface area is 180 Å². The van der Waals surface area contributed by atoms with E-state index in [1.165, 1.54) is 11.8 Å². The van der Waals surface area contributed by atoms with Crippen molar-refractivity contribution in [2.75, 3.05) is 31.1 Å². The number of hydrogen-bond donors (Lipinski definition) is 1. The summed E-state index contributed by atoms with van der Waals surface area (Å²) in [5, 5.41) is 9.80. The number of nitriles is 1. The summed E-state index contributed by atoms with van der Waals surface area (Å²) >= 11 is 0. The van der Waals surface area contributed by atoms with Crippen LogP contribution in [0.2, 0.25) is 0 Å². The van der Waals surface area contributed by atoms with Crippen molar-refractivity contribution < 1.29 is 4.39 Å². The third-order valence-electron chi connectivity index (χ3n) is 6.84. The number of aromatic amines is 1. The molecule has 0 saturated carbocycles. The summed E-state index contributed by atoms with van der Waals surface area (Å²) in [6.45, 7) is 3.96. The summed E-state index contributed by atoms with van der Waals surface area (Å²) in [5.74, 6) is -0.190. The highest BCUT2D eigenvalue weighted by molar-refractivity contribution is 5.82. The molecule has 3 heterocycles. The zero-order valence-corrected chi connectivity index (χ0v) is 17.4. The zero-order chi connectivity index (χ0) is 21.4. The van der Waals surface area contributed by atoms with Crippen LogP contribution in [-0.2, 0) is 0 Å². The second-order valence-electron chi connectivity index (χ2n) is 8.62. The molecule has 0 aliphatic carbocycles. The molecule has 6 heteroatoms. The van der Waals surface area contributed by atoms with Gasteiger partial charge >= 0.3 is 0 Å². The first-order valence-corrected chi connectivity index (χ1v) is 10.9. The Morgan fingerprint density at radius 1 is 1.03 bits per heavy atom. The summed E-state index contributed by atoms with van der Waals surface area (Å²) < 4.78 is 14.0. The number of fused-ring (bicyclic) bond motifs is 1. The van der Waals surface area contributed by atoms with Crippen LogP contribution < -0.4 is 10.5 Å². The maximum absolute atomic E-state index is 14.0.